The van der Waals surface area contributed by atoms with Crippen molar-refractivity contribution in [2.45, 2.75) is 6.42 Å². The molecule has 0 fully saturated rings. The van der Waals surface area contributed by atoms with Gasteiger partial charge in [-0.2, -0.15) is 0 Å². The average molecular weight is 332 g/mol. The van der Waals surface area contributed by atoms with E-state index in [0.29, 0.717) is 5.58 Å². The Labute approximate surface area is 144 Å². The highest BCUT2D eigenvalue weighted by Crippen LogP contribution is 2.26. The molecule has 0 aliphatic rings. The molecule has 2 aromatic carbocycles. The van der Waals surface area contributed by atoms with Gasteiger partial charge >= 0.3 is 0 Å². The van der Waals surface area contributed by atoms with Crippen LogP contribution in [0, 0.1) is 0 Å². The summed E-state index contributed by atoms with van der Waals surface area (Å²) in [6.45, 7) is 0. The molecular weight excluding hydrogens is 316 g/mol. The number of furan rings is 1. The molecule has 0 saturated heterocycles. The highest BCUT2D eigenvalue weighted by Gasteiger charge is 2.12. The van der Waals surface area contributed by atoms with E-state index in [1.54, 1.807) is 19.6 Å². The van der Waals surface area contributed by atoms with E-state index in [1.165, 1.54) is 0 Å². The molecule has 0 saturated carbocycles. The lowest BCUT2D eigenvalue weighted by Crippen LogP contribution is -2.14. The molecular formula is C20H16N2O3. The number of anilines is 1. The van der Waals surface area contributed by atoms with Crippen LogP contribution in [-0.2, 0) is 11.2 Å². The van der Waals surface area contributed by atoms with Crippen LogP contribution in [0.15, 0.2) is 65.4 Å². The third kappa shape index (κ3) is 2.92. The first kappa shape index (κ1) is 15.2. The van der Waals surface area contributed by atoms with Gasteiger partial charge in [-0.1, -0.05) is 6.07 Å². The van der Waals surface area contributed by atoms with Crippen molar-refractivity contribution in [2.75, 3.05) is 12.4 Å². The van der Waals surface area contributed by atoms with Gasteiger partial charge in [-0.3, -0.25) is 9.78 Å². The lowest BCUT2D eigenvalue weighted by atomic mass is 10.1. The molecule has 2 aromatic heterocycles. The molecule has 0 radical (unpaired) electrons. The summed E-state index contributed by atoms with van der Waals surface area (Å²) in [6.07, 6.45) is 3.59. The Morgan fingerprint density at radius 1 is 1.16 bits per heavy atom. The van der Waals surface area contributed by atoms with Crippen LogP contribution < -0.4 is 10.1 Å². The number of ether oxygens (including phenoxy) is 1. The van der Waals surface area contributed by atoms with E-state index < -0.39 is 0 Å². The molecule has 0 bridgehead atoms. The van der Waals surface area contributed by atoms with Crippen LogP contribution in [0.3, 0.4) is 0 Å². The Morgan fingerprint density at radius 3 is 2.96 bits per heavy atom. The normalized spacial score (nSPS) is 10.9. The Bertz CT molecular complexity index is 1060. The molecule has 0 aliphatic heterocycles. The zero-order valence-corrected chi connectivity index (χ0v) is 13.7. The summed E-state index contributed by atoms with van der Waals surface area (Å²) in [7, 11) is 1.61. The maximum absolute atomic E-state index is 12.5. The molecule has 124 valence electrons. The number of rotatable bonds is 4. The fraction of sp³-hybridized carbons (Fsp3) is 0.100. The number of nitrogens with zero attached hydrogens (tertiary/aromatic N) is 1. The van der Waals surface area contributed by atoms with E-state index in [-0.39, 0.29) is 12.3 Å². The first-order valence-corrected chi connectivity index (χ1v) is 7.92. The van der Waals surface area contributed by atoms with Crippen LogP contribution in [0.2, 0.25) is 0 Å². The third-order valence-corrected chi connectivity index (χ3v) is 4.13. The van der Waals surface area contributed by atoms with Gasteiger partial charge in [-0.25, -0.2) is 0 Å². The summed E-state index contributed by atoms with van der Waals surface area (Å²) >= 11 is 0. The monoisotopic (exact) mass is 332 g/mol. The first-order valence-electron chi connectivity index (χ1n) is 7.92. The maximum Gasteiger partial charge on any atom is 0.228 e. The Morgan fingerprint density at radius 2 is 2.08 bits per heavy atom. The van der Waals surface area contributed by atoms with E-state index in [4.69, 9.17) is 9.15 Å². The Kier molecular flexibility index (Phi) is 3.82. The quantitative estimate of drug-likeness (QED) is 0.609. The van der Waals surface area contributed by atoms with Crippen molar-refractivity contribution in [1.29, 1.82) is 0 Å². The van der Waals surface area contributed by atoms with Gasteiger partial charge in [0.05, 0.1) is 31.0 Å². The van der Waals surface area contributed by atoms with Gasteiger partial charge < -0.3 is 14.5 Å². The van der Waals surface area contributed by atoms with E-state index in [0.717, 1.165) is 33.3 Å². The standard InChI is InChI=1S/C20H16N2O3/c1-24-14-7-8-15-13(12-25-19(15)11-14)10-20(23)22-18-6-2-5-17-16(18)4-3-9-21-17/h2-9,11-12H,10H2,1H3,(H,22,23). The van der Waals surface area contributed by atoms with Crippen molar-refractivity contribution in [1.82, 2.24) is 4.98 Å². The fourth-order valence-corrected chi connectivity index (χ4v) is 2.91. The summed E-state index contributed by atoms with van der Waals surface area (Å²) in [5, 5.41) is 4.79. The number of carbonyl (C=O) groups is 1. The number of amides is 1. The predicted octanol–water partition coefficient (Wildman–Crippen LogP) is 4.17. The van der Waals surface area contributed by atoms with Gasteiger partial charge in [0.25, 0.3) is 0 Å². The molecule has 1 amide bonds. The van der Waals surface area contributed by atoms with Gasteiger partial charge in [0, 0.05) is 28.6 Å². The molecule has 1 N–H and O–H groups in total. The number of fused-ring (bicyclic) bond motifs is 2. The summed E-state index contributed by atoms with van der Waals surface area (Å²) in [4.78, 5) is 16.8. The molecule has 0 spiro atoms. The molecule has 0 atom stereocenters. The van der Waals surface area contributed by atoms with E-state index in [9.17, 15) is 4.79 Å². The topological polar surface area (TPSA) is 64.4 Å². The van der Waals surface area contributed by atoms with Crippen molar-refractivity contribution in [2.24, 2.45) is 0 Å². The smallest absolute Gasteiger partial charge is 0.228 e. The zero-order valence-electron chi connectivity index (χ0n) is 13.7. The minimum atomic E-state index is -0.102. The molecule has 2 heterocycles. The highest BCUT2D eigenvalue weighted by molar-refractivity contribution is 6.02. The largest absolute Gasteiger partial charge is 0.497 e. The number of hydrogen-bond acceptors (Lipinski definition) is 4. The second kappa shape index (κ2) is 6.28. The van der Waals surface area contributed by atoms with E-state index >= 15 is 0 Å². The second-order valence-electron chi connectivity index (χ2n) is 5.72. The number of nitrogens with one attached hydrogen (secondary N) is 1. The van der Waals surface area contributed by atoms with Gasteiger partial charge in [0.1, 0.15) is 11.3 Å². The average Bonchev–Trinajstić information content (AvgIpc) is 3.04. The first-order chi connectivity index (χ1) is 12.2. The van der Waals surface area contributed by atoms with Crippen molar-refractivity contribution in [3.63, 3.8) is 0 Å². The lowest BCUT2D eigenvalue weighted by molar-refractivity contribution is -0.115. The summed E-state index contributed by atoms with van der Waals surface area (Å²) < 4.78 is 10.7. The van der Waals surface area contributed by atoms with Crippen LogP contribution in [0.25, 0.3) is 21.9 Å². The van der Waals surface area contributed by atoms with Gasteiger partial charge in [0.15, 0.2) is 0 Å². The van der Waals surface area contributed by atoms with Gasteiger partial charge in [-0.15, -0.1) is 0 Å². The van der Waals surface area contributed by atoms with Crippen LogP contribution in [0.5, 0.6) is 5.75 Å². The minimum absolute atomic E-state index is 0.102. The third-order valence-electron chi connectivity index (χ3n) is 4.13. The molecule has 0 aliphatic carbocycles. The van der Waals surface area contributed by atoms with Crippen molar-refractivity contribution >= 4 is 33.5 Å². The van der Waals surface area contributed by atoms with Crippen LogP contribution >= 0.6 is 0 Å². The molecule has 0 unspecified atom stereocenters. The van der Waals surface area contributed by atoms with Crippen molar-refractivity contribution < 1.29 is 13.9 Å². The van der Waals surface area contributed by atoms with Crippen LogP contribution in [-0.4, -0.2) is 18.0 Å². The summed E-state index contributed by atoms with van der Waals surface area (Å²) in [5.41, 5.74) is 3.15. The number of hydrogen-bond donors (Lipinski definition) is 1. The number of benzene rings is 2. The van der Waals surface area contributed by atoms with Gasteiger partial charge in [0.2, 0.25) is 5.91 Å². The highest BCUT2D eigenvalue weighted by atomic mass is 16.5. The number of carbonyl (C=O) groups excluding carboxylic acids is 1. The van der Waals surface area contributed by atoms with Crippen molar-refractivity contribution in [3.05, 3.63) is 66.6 Å². The minimum Gasteiger partial charge on any atom is -0.497 e. The Balaban J connectivity index is 1.58. The van der Waals surface area contributed by atoms with Crippen LogP contribution in [0.1, 0.15) is 5.56 Å². The SMILES string of the molecule is COc1ccc2c(CC(=O)Nc3cccc4ncccc34)coc2c1. The molecule has 25 heavy (non-hydrogen) atoms. The van der Waals surface area contributed by atoms with E-state index in [1.807, 2.05) is 48.5 Å². The lowest BCUT2D eigenvalue weighted by Gasteiger charge is -2.08. The molecule has 5 heteroatoms. The second-order valence-corrected chi connectivity index (χ2v) is 5.72. The van der Waals surface area contributed by atoms with Gasteiger partial charge in [-0.05, 0) is 36.4 Å². The zero-order chi connectivity index (χ0) is 17.2. The molecule has 5 nitrogen and oxygen atoms in total. The van der Waals surface area contributed by atoms with Crippen molar-refractivity contribution in [3.8, 4) is 5.75 Å². The maximum atomic E-state index is 12.5. The number of aromatic nitrogens is 1. The van der Waals surface area contributed by atoms with E-state index in [2.05, 4.69) is 10.3 Å². The fourth-order valence-electron chi connectivity index (χ4n) is 2.91. The molecule has 4 aromatic rings. The van der Waals surface area contributed by atoms with Crippen LogP contribution in [0.4, 0.5) is 5.69 Å². The predicted molar refractivity (Wildman–Crippen MR) is 96.8 cm³/mol. The summed E-state index contributed by atoms with van der Waals surface area (Å²) in [6, 6.07) is 15.0. The number of methoxy groups -OCH3 is 1. The summed E-state index contributed by atoms with van der Waals surface area (Å²) in [5.74, 6) is 0.621. The number of pyridine rings is 1. The Hall–Kier alpha value is -3.34. The molecule has 4 rings (SSSR count).